The van der Waals surface area contributed by atoms with Gasteiger partial charge in [0.15, 0.2) is 0 Å². The van der Waals surface area contributed by atoms with Crippen LogP contribution in [-0.2, 0) is 30.3 Å². The highest BCUT2D eigenvalue weighted by Crippen LogP contribution is 2.29. The summed E-state index contributed by atoms with van der Waals surface area (Å²) in [5.74, 6) is -1.46. The van der Waals surface area contributed by atoms with Crippen LogP contribution < -0.4 is 10.6 Å². The lowest BCUT2D eigenvalue weighted by Crippen LogP contribution is -2.58. The Hall–Kier alpha value is -3.88. The molecule has 0 saturated heterocycles. The summed E-state index contributed by atoms with van der Waals surface area (Å²) in [6.45, 7) is 20.4. The van der Waals surface area contributed by atoms with Crippen LogP contribution >= 0.6 is 0 Å². The number of alkyl carbamates (subject to hydrolysis) is 1. The minimum absolute atomic E-state index is 0.203. The molecule has 0 spiro atoms. The lowest BCUT2D eigenvalue weighted by molar-refractivity contribution is -0.159. The lowest BCUT2D eigenvalue weighted by Gasteiger charge is -2.40. The minimum atomic E-state index is -1.10. The van der Waals surface area contributed by atoms with Gasteiger partial charge < -0.3 is 25.0 Å². The first kappa shape index (κ1) is 39.3. The quantitative estimate of drug-likeness (QED) is 0.213. The van der Waals surface area contributed by atoms with Crippen LogP contribution in [0.1, 0.15) is 106 Å². The van der Waals surface area contributed by atoms with E-state index in [-0.39, 0.29) is 12.3 Å². The zero-order valence-corrected chi connectivity index (χ0v) is 30.3. The molecule has 2 rings (SSSR count). The van der Waals surface area contributed by atoms with Gasteiger partial charge in [0.2, 0.25) is 11.8 Å². The molecular formula is C38H57N3O6. The van der Waals surface area contributed by atoms with Crippen LogP contribution in [0.25, 0.3) is 0 Å². The molecule has 47 heavy (non-hydrogen) atoms. The zero-order chi connectivity index (χ0) is 35.5. The number of hydrogen-bond acceptors (Lipinski definition) is 6. The number of esters is 1. The number of benzene rings is 2. The van der Waals surface area contributed by atoms with E-state index < -0.39 is 59.2 Å². The molecule has 4 unspecified atom stereocenters. The van der Waals surface area contributed by atoms with Crippen molar-refractivity contribution in [2.45, 2.75) is 131 Å². The van der Waals surface area contributed by atoms with Gasteiger partial charge in [-0.1, -0.05) is 88.4 Å². The largest absolute Gasteiger partial charge is 0.458 e. The summed E-state index contributed by atoms with van der Waals surface area (Å²) in [6.07, 6.45) is 0.924. The Balaban J connectivity index is 2.65. The molecule has 0 aliphatic rings. The molecule has 0 aliphatic carbocycles. The molecule has 3 amide bonds. The standard InChI is InChI=1S/C38H57N3O6/c1-25(2)22-23-27(5)41(34(43)31(26(3)4)40-36(45)47-38(9,10)11)32(29-20-16-13-17-21-29)33(42)39-30(35(44)46-37(6,7)8)24-28-18-14-12-15-19-28/h12-21,25-27,30-32H,22-24H2,1-11H3,(H,39,42)(H,40,45). The summed E-state index contributed by atoms with van der Waals surface area (Å²) in [4.78, 5) is 57.3. The van der Waals surface area contributed by atoms with Gasteiger partial charge >= 0.3 is 12.1 Å². The molecule has 0 radical (unpaired) electrons. The fourth-order valence-corrected chi connectivity index (χ4v) is 5.16. The number of nitrogens with one attached hydrogen (secondary N) is 2. The maximum atomic E-state index is 14.7. The van der Waals surface area contributed by atoms with Gasteiger partial charge in [0.25, 0.3) is 0 Å². The number of carbonyl (C=O) groups excluding carboxylic acids is 4. The fraction of sp³-hybridized carbons (Fsp3) is 0.579. The Morgan fingerprint density at radius 2 is 1.26 bits per heavy atom. The molecule has 0 bridgehead atoms. The number of nitrogens with zero attached hydrogens (tertiary/aromatic N) is 1. The average molecular weight is 652 g/mol. The Morgan fingerprint density at radius 3 is 1.74 bits per heavy atom. The molecule has 0 heterocycles. The third kappa shape index (κ3) is 13.4. The van der Waals surface area contributed by atoms with Gasteiger partial charge in [0.05, 0.1) is 0 Å². The number of carbonyl (C=O) groups is 4. The van der Waals surface area contributed by atoms with Gasteiger partial charge in [-0.2, -0.15) is 0 Å². The second kappa shape index (κ2) is 17.3. The Labute approximate surface area is 282 Å². The van der Waals surface area contributed by atoms with Crippen LogP contribution in [0.15, 0.2) is 60.7 Å². The van der Waals surface area contributed by atoms with E-state index in [9.17, 15) is 19.2 Å². The van der Waals surface area contributed by atoms with Crippen molar-refractivity contribution in [2.24, 2.45) is 11.8 Å². The summed E-state index contributed by atoms with van der Waals surface area (Å²) < 4.78 is 11.2. The van der Waals surface area contributed by atoms with E-state index in [1.54, 1.807) is 58.6 Å². The Morgan fingerprint density at radius 1 is 0.723 bits per heavy atom. The predicted octanol–water partition coefficient (Wildman–Crippen LogP) is 7.00. The third-order valence-electron chi connectivity index (χ3n) is 7.43. The summed E-state index contributed by atoms with van der Waals surface area (Å²) in [5.41, 5.74) is -0.113. The first-order valence-electron chi connectivity index (χ1n) is 16.7. The maximum Gasteiger partial charge on any atom is 0.408 e. The molecule has 9 heteroatoms. The van der Waals surface area contributed by atoms with Gasteiger partial charge in [-0.3, -0.25) is 9.59 Å². The molecule has 2 aromatic carbocycles. The summed E-state index contributed by atoms with van der Waals surface area (Å²) in [7, 11) is 0. The van der Waals surface area contributed by atoms with Crippen LogP contribution in [0.4, 0.5) is 4.79 Å². The molecule has 0 saturated carbocycles. The van der Waals surface area contributed by atoms with Crippen LogP contribution in [0, 0.1) is 11.8 Å². The molecule has 0 aliphatic heterocycles. The first-order valence-corrected chi connectivity index (χ1v) is 16.7. The molecule has 9 nitrogen and oxygen atoms in total. The fourth-order valence-electron chi connectivity index (χ4n) is 5.16. The van der Waals surface area contributed by atoms with Crippen LogP contribution in [0.5, 0.6) is 0 Å². The predicted molar refractivity (Wildman–Crippen MR) is 185 cm³/mol. The number of rotatable bonds is 14. The van der Waals surface area contributed by atoms with Gasteiger partial charge in [-0.25, -0.2) is 9.59 Å². The van der Waals surface area contributed by atoms with Crippen molar-refractivity contribution >= 4 is 23.9 Å². The molecule has 0 fully saturated rings. The maximum absolute atomic E-state index is 14.7. The zero-order valence-electron chi connectivity index (χ0n) is 30.3. The highest BCUT2D eigenvalue weighted by atomic mass is 16.6. The molecular weight excluding hydrogens is 594 g/mol. The second-order valence-electron chi connectivity index (χ2n) is 15.0. The van der Waals surface area contributed by atoms with Gasteiger partial charge in [-0.05, 0) is 84.3 Å². The minimum Gasteiger partial charge on any atom is -0.458 e. The Kier molecular flexibility index (Phi) is 14.5. The van der Waals surface area contributed by atoms with E-state index in [4.69, 9.17) is 9.47 Å². The molecule has 2 aromatic rings. The van der Waals surface area contributed by atoms with E-state index in [1.807, 2.05) is 69.3 Å². The van der Waals surface area contributed by atoms with Crippen molar-refractivity contribution in [1.82, 2.24) is 15.5 Å². The Bertz CT molecular complexity index is 1300. The van der Waals surface area contributed by atoms with Crippen LogP contribution in [-0.4, -0.2) is 58.1 Å². The number of amides is 3. The van der Waals surface area contributed by atoms with E-state index >= 15 is 0 Å². The SMILES string of the molecule is CC(C)CCC(C)N(C(=O)C(NC(=O)OC(C)(C)C)C(C)C)C(C(=O)NC(Cc1ccccc1)C(=O)OC(C)(C)C)c1ccccc1. The van der Waals surface area contributed by atoms with Crippen molar-refractivity contribution < 1.29 is 28.7 Å². The molecule has 4 atom stereocenters. The third-order valence-corrected chi connectivity index (χ3v) is 7.43. The highest BCUT2D eigenvalue weighted by Gasteiger charge is 2.41. The molecule has 260 valence electrons. The summed E-state index contributed by atoms with van der Waals surface area (Å²) in [6, 6.07) is 15.0. The van der Waals surface area contributed by atoms with Gasteiger partial charge in [-0.15, -0.1) is 0 Å². The summed E-state index contributed by atoms with van der Waals surface area (Å²) in [5, 5.41) is 5.74. The normalized spacial score (nSPS) is 14.5. The van der Waals surface area contributed by atoms with Crippen LogP contribution in [0.3, 0.4) is 0 Å². The first-order chi connectivity index (χ1) is 21.8. The van der Waals surface area contributed by atoms with E-state index in [2.05, 4.69) is 24.5 Å². The molecule has 2 N–H and O–H groups in total. The topological polar surface area (TPSA) is 114 Å². The lowest BCUT2D eigenvalue weighted by atomic mass is 9.94. The second-order valence-corrected chi connectivity index (χ2v) is 15.0. The van der Waals surface area contributed by atoms with Crippen LogP contribution in [0.2, 0.25) is 0 Å². The van der Waals surface area contributed by atoms with Gasteiger partial charge in [0, 0.05) is 12.5 Å². The van der Waals surface area contributed by atoms with Crippen molar-refractivity contribution in [1.29, 1.82) is 0 Å². The van der Waals surface area contributed by atoms with Crippen molar-refractivity contribution in [2.75, 3.05) is 0 Å². The summed E-state index contributed by atoms with van der Waals surface area (Å²) >= 11 is 0. The monoisotopic (exact) mass is 651 g/mol. The highest BCUT2D eigenvalue weighted by molar-refractivity contribution is 5.94. The number of hydrogen-bond donors (Lipinski definition) is 2. The molecule has 0 aromatic heterocycles. The van der Waals surface area contributed by atoms with Crippen molar-refractivity contribution in [3.8, 4) is 0 Å². The van der Waals surface area contributed by atoms with E-state index in [1.165, 1.54) is 0 Å². The number of ether oxygens (including phenoxy) is 2. The van der Waals surface area contributed by atoms with Crippen molar-refractivity contribution in [3.05, 3.63) is 71.8 Å². The smallest absolute Gasteiger partial charge is 0.408 e. The average Bonchev–Trinajstić information content (AvgIpc) is 2.95. The van der Waals surface area contributed by atoms with Crippen molar-refractivity contribution in [3.63, 3.8) is 0 Å². The van der Waals surface area contributed by atoms with Gasteiger partial charge in [0.1, 0.15) is 29.3 Å². The van der Waals surface area contributed by atoms with E-state index in [0.717, 1.165) is 12.0 Å². The van der Waals surface area contributed by atoms with E-state index in [0.29, 0.717) is 17.9 Å².